The van der Waals surface area contributed by atoms with Gasteiger partial charge < -0.3 is 10.6 Å². The fourth-order valence-electron chi connectivity index (χ4n) is 2.43. The first-order valence-electron chi connectivity index (χ1n) is 7.00. The predicted molar refractivity (Wildman–Crippen MR) is 83.8 cm³/mol. The van der Waals surface area contributed by atoms with Gasteiger partial charge in [-0.1, -0.05) is 6.42 Å². The Kier molecular flexibility index (Phi) is 4.88. The second-order valence-corrected chi connectivity index (χ2v) is 7.18. The molecule has 1 heterocycles. The summed E-state index contributed by atoms with van der Waals surface area (Å²) in [5.41, 5.74) is 2.57. The van der Waals surface area contributed by atoms with Gasteiger partial charge in [0.2, 0.25) is 10.0 Å². The van der Waals surface area contributed by atoms with E-state index < -0.39 is 10.0 Å². The molecule has 0 amide bonds. The third-order valence-electron chi connectivity index (χ3n) is 3.49. The van der Waals surface area contributed by atoms with Gasteiger partial charge in [-0.3, -0.25) is 4.72 Å². The molecule has 0 saturated carbocycles. The van der Waals surface area contributed by atoms with Crippen molar-refractivity contribution in [3.05, 3.63) is 23.8 Å². The SMILES string of the molecule is Cc1cc(NCC2CCCCN2)ccc1NS(C)(=O)=O. The molecule has 1 atom stereocenters. The topological polar surface area (TPSA) is 70.2 Å². The van der Waals surface area contributed by atoms with Gasteiger partial charge in [-0.25, -0.2) is 8.42 Å². The lowest BCUT2D eigenvalue weighted by Gasteiger charge is -2.24. The lowest BCUT2D eigenvalue weighted by atomic mass is 10.0. The fraction of sp³-hybridized carbons (Fsp3) is 0.571. The molecule has 6 heteroatoms. The van der Waals surface area contributed by atoms with E-state index in [-0.39, 0.29) is 0 Å². The number of anilines is 2. The molecule has 20 heavy (non-hydrogen) atoms. The summed E-state index contributed by atoms with van der Waals surface area (Å²) in [6.07, 6.45) is 4.92. The highest BCUT2D eigenvalue weighted by atomic mass is 32.2. The quantitative estimate of drug-likeness (QED) is 0.776. The first kappa shape index (κ1) is 15.1. The number of hydrogen-bond acceptors (Lipinski definition) is 4. The van der Waals surface area contributed by atoms with Crippen molar-refractivity contribution < 1.29 is 8.42 Å². The Morgan fingerprint density at radius 3 is 2.75 bits per heavy atom. The van der Waals surface area contributed by atoms with Crippen LogP contribution in [0.2, 0.25) is 0 Å². The largest absolute Gasteiger partial charge is 0.383 e. The zero-order valence-corrected chi connectivity index (χ0v) is 12.9. The highest BCUT2D eigenvalue weighted by Crippen LogP contribution is 2.20. The Hall–Kier alpha value is -1.27. The van der Waals surface area contributed by atoms with Gasteiger partial charge in [0.25, 0.3) is 0 Å². The first-order valence-corrected chi connectivity index (χ1v) is 8.89. The van der Waals surface area contributed by atoms with Crippen LogP contribution in [-0.4, -0.2) is 33.8 Å². The fourth-order valence-corrected chi connectivity index (χ4v) is 3.06. The molecule has 0 spiro atoms. The summed E-state index contributed by atoms with van der Waals surface area (Å²) < 4.78 is 25.0. The maximum Gasteiger partial charge on any atom is 0.229 e. The molecule has 1 aromatic rings. The molecule has 1 aromatic carbocycles. The van der Waals surface area contributed by atoms with Crippen molar-refractivity contribution in [3.8, 4) is 0 Å². The molecule has 1 aliphatic rings. The van der Waals surface area contributed by atoms with Crippen LogP contribution in [0.1, 0.15) is 24.8 Å². The lowest BCUT2D eigenvalue weighted by molar-refractivity contribution is 0.414. The highest BCUT2D eigenvalue weighted by Gasteiger charge is 2.12. The van der Waals surface area contributed by atoms with Crippen LogP contribution in [-0.2, 0) is 10.0 Å². The van der Waals surface area contributed by atoms with Crippen LogP contribution in [0, 0.1) is 6.92 Å². The minimum Gasteiger partial charge on any atom is -0.383 e. The molecule has 5 nitrogen and oxygen atoms in total. The maximum absolute atomic E-state index is 11.2. The molecule has 1 fully saturated rings. The van der Waals surface area contributed by atoms with Crippen LogP contribution in [0.3, 0.4) is 0 Å². The van der Waals surface area contributed by atoms with Gasteiger partial charge in [0.05, 0.1) is 11.9 Å². The summed E-state index contributed by atoms with van der Waals surface area (Å²) in [7, 11) is -3.22. The zero-order valence-electron chi connectivity index (χ0n) is 12.1. The number of sulfonamides is 1. The molecule has 0 radical (unpaired) electrons. The van der Waals surface area contributed by atoms with Crippen molar-refractivity contribution in [2.75, 3.05) is 29.4 Å². The van der Waals surface area contributed by atoms with Gasteiger partial charge in [-0.05, 0) is 50.1 Å². The van der Waals surface area contributed by atoms with Gasteiger partial charge in [0.15, 0.2) is 0 Å². The molecule has 1 aliphatic heterocycles. The average molecular weight is 297 g/mol. The zero-order chi connectivity index (χ0) is 14.6. The van der Waals surface area contributed by atoms with Crippen LogP contribution in [0.25, 0.3) is 0 Å². The summed E-state index contributed by atoms with van der Waals surface area (Å²) >= 11 is 0. The third kappa shape index (κ3) is 4.68. The first-order chi connectivity index (χ1) is 9.44. The minimum absolute atomic E-state index is 0.526. The second-order valence-electron chi connectivity index (χ2n) is 5.43. The minimum atomic E-state index is -3.22. The summed E-state index contributed by atoms with van der Waals surface area (Å²) in [6, 6.07) is 6.20. The summed E-state index contributed by atoms with van der Waals surface area (Å²) in [5, 5.41) is 6.90. The van der Waals surface area contributed by atoms with Gasteiger partial charge in [0.1, 0.15) is 0 Å². The standard InChI is InChI=1S/C14H23N3O2S/c1-11-9-12(6-7-14(11)17-20(2,18)19)16-10-13-5-3-4-8-15-13/h6-7,9,13,15-17H,3-5,8,10H2,1-2H3. The smallest absolute Gasteiger partial charge is 0.229 e. The van der Waals surface area contributed by atoms with Gasteiger partial charge in [-0.2, -0.15) is 0 Å². The lowest BCUT2D eigenvalue weighted by Crippen LogP contribution is -2.39. The van der Waals surface area contributed by atoms with E-state index in [4.69, 9.17) is 0 Å². The average Bonchev–Trinajstić information content (AvgIpc) is 2.39. The van der Waals surface area contributed by atoms with E-state index in [1.807, 2.05) is 19.1 Å². The van der Waals surface area contributed by atoms with Gasteiger partial charge in [-0.15, -0.1) is 0 Å². The van der Waals surface area contributed by atoms with E-state index >= 15 is 0 Å². The Morgan fingerprint density at radius 1 is 1.35 bits per heavy atom. The van der Waals surface area contributed by atoms with Crippen molar-refractivity contribution >= 4 is 21.4 Å². The van der Waals surface area contributed by atoms with Crippen LogP contribution < -0.4 is 15.4 Å². The predicted octanol–water partition coefficient (Wildman–Crippen LogP) is 1.92. The monoisotopic (exact) mass is 297 g/mol. The van der Waals surface area contributed by atoms with Crippen molar-refractivity contribution in [1.82, 2.24) is 5.32 Å². The van der Waals surface area contributed by atoms with Crippen LogP contribution in [0.5, 0.6) is 0 Å². The molecule has 0 aliphatic carbocycles. The Balaban J connectivity index is 1.94. The normalized spacial score (nSPS) is 19.6. The van der Waals surface area contributed by atoms with E-state index in [1.165, 1.54) is 19.3 Å². The molecule has 1 saturated heterocycles. The molecule has 1 unspecified atom stereocenters. The van der Waals surface area contributed by atoms with Crippen molar-refractivity contribution in [1.29, 1.82) is 0 Å². The summed E-state index contributed by atoms with van der Waals surface area (Å²) in [6.45, 7) is 3.90. The summed E-state index contributed by atoms with van der Waals surface area (Å²) in [4.78, 5) is 0. The molecule has 0 bridgehead atoms. The van der Waals surface area contributed by atoms with Crippen molar-refractivity contribution in [2.24, 2.45) is 0 Å². The van der Waals surface area contributed by atoms with E-state index in [9.17, 15) is 8.42 Å². The van der Waals surface area contributed by atoms with Crippen LogP contribution in [0.15, 0.2) is 18.2 Å². The van der Waals surface area contributed by atoms with E-state index in [0.29, 0.717) is 11.7 Å². The summed E-state index contributed by atoms with van der Waals surface area (Å²) in [5.74, 6) is 0. The van der Waals surface area contributed by atoms with E-state index in [0.717, 1.165) is 30.6 Å². The Morgan fingerprint density at radius 2 is 2.15 bits per heavy atom. The second kappa shape index (κ2) is 6.45. The number of piperidine rings is 1. The molecule has 0 aromatic heterocycles. The van der Waals surface area contributed by atoms with E-state index in [2.05, 4.69) is 15.4 Å². The number of benzene rings is 1. The highest BCUT2D eigenvalue weighted by molar-refractivity contribution is 7.92. The Bertz CT molecular complexity index is 552. The number of nitrogens with one attached hydrogen (secondary N) is 3. The number of rotatable bonds is 5. The number of aryl methyl sites for hydroxylation is 1. The van der Waals surface area contributed by atoms with Crippen LogP contribution in [0.4, 0.5) is 11.4 Å². The van der Waals surface area contributed by atoms with E-state index in [1.54, 1.807) is 6.07 Å². The van der Waals surface area contributed by atoms with Gasteiger partial charge in [0, 0.05) is 18.3 Å². The van der Waals surface area contributed by atoms with Crippen molar-refractivity contribution in [3.63, 3.8) is 0 Å². The maximum atomic E-state index is 11.2. The Labute approximate surface area is 121 Å². The molecule has 112 valence electrons. The molecular formula is C14H23N3O2S. The third-order valence-corrected chi connectivity index (χ3v) is 4.08. The van der Waals surface area contributed by atoms with Crippen LogP contribution >= 0.6 is 0 Å². The van der Waals surface area contributed by atoms with Crippen molar-refractivity contribution in [2.45, 2.75) is 32.2 Å². The van der Waals surface area contributed by atoms with Gasteiger partial charge >= 0.3 is 0 Å². The molecule has 2 rings (SSSR count). The molecule has 3 N–H and O–H groups in total. The number of hydrogen-bond donors (Lipinski definition) is 3. The molecular weight excluding hydrogens is 274 g/mol.